The predicted molar refractivity (Wildman–Crippen MR) is 76.8 cm³/mol. The first kappa shape index (κ1) is 15.5. The van der Waals surface area contributed by atoms with Gasteiger partial charge in [-0.25, -0.2) is 0 Å². The highest BCUT2D eigenvalue weighted by Gasteiger charge is 2.18. The molecule has 1 aromatic rings. The molecule has 2 heterocycles. The lowest BCUT2D eigenvalue weighted by Crippen LogP contribution is -2.49. The van der Waals surface area contributed by atoms with Crippen molar-refractivity contribution in [3.05, 3.63) is 11.8 Å². The zero-order valence-corrected chi connectivity index (χ0v) is 12.4. The number of anilines is 1. The number of hydrogen-bond donors (Lipinski definition) is 2. The quantitative estimate of drug-likeness (QED) is 0.745. The number of piperazine rings is 1. The van der Waals surface area contributed by atoms with Gasteiger partial charge in [0.25, 0.3) is 0 Å². The van der Waals surface area contributed by atoms with Gasteiger partial charge in [-0.3, -0.25) is 19.8 Å². The number of amides is 2. The Morgan fingerprint density at radius 1 is 1.43 bits per heavy atom. The lowest BCUT2D eigenvalue weighted by Gasteiger charge is -2.29. The van der Waals surface area contributed by atoms with Crippen molar-refractivity contribution in [2.45, 2.75) is 6.92 Å². The van der Waals surface area contributed by atoms with Gasteiger partial charge in [-0.2, -0.15) is 0 Å². The molecule has 1 aromatic heterocycles. The van der Waals surface area contributed by atoms with E-state index in [-0.39, 0.29) is 24.9 Å². The number of nitrogens with one attached hydrogen (secondary N) is 2. The van der Waals surface area contributed by atoms with Gasteiger partial charge in [-0.15, -0.1) is 0 Å². The molecule has 1 aliphatic rings. The second-order valence-electron chi connectivity index (χ2n) is 5.18. The van der Waals surface area contributed by atoms with Crippen LogP contribution >= 0.6 is 0 Å². The summed E-state index contributed by atoms with van der Waals surface area (Å²) >= 11 is 0. The van der Waals surface area contributed by atoms with Crippen molar-refractivity contribution in [1.82, 2.24) is 20.3 Å². The molecule has 0 radical (unpaired) electrons. The third-order valence-electron chi connectivity index (χ3n) is 3.18. The molecule has 0 aromatic carbocycles. The fourth-order valence-corrected chi connectivity index (χ4v) is 2.15. The number of nitrogens with zero attached hydrogens (tertiary/aromatic N) is 3. The SMILES string of the molecule is Cc1cc(NC(=O)CN(C)CC(=O)N2CCNCC2)on1. The van der Waals surface area contributed by atoms with Crippen LogP contribution in [0.4, 0.5) is 5.88 Å². The Balaban J connectivity index is 1.74. The molecule has 21 heavy (non-hydrogen) atoms. The highest BCUT2D eigenvalue weighted by molar-refractivity contribution is 5.91. The topological polar surface area (TPSA) is 90.7 Å². The lowest BCUT2D eigenvalue weighted by atomic mass is 10.3. The molecule has 1 fully saturated rings. The Hall–Kier alpha value is -1.93. The van der Waals surface area contributed by atoms with Gasteiger partial charge in [0, 0.05) is 32.2 Å². The normalized spacial score (nSPS) is 15.3. The number of rotatable bonds is 5. The van der Waals surface area contributed by atoms with Crippen LogP contribution in [0.1, 0.15) is 5.69 Å². The fourth-order valence-electron chi connectivity index (χ4n) is 2.15. The number of likely N-dealkylation sites (N-methyl/N-ethyl adjacent to an activating group) is 1. The van der Waals surface area contributed by atoms with Crippen molar-refractivity contribution >= 4 is 17.7 Å². The Labute approximate surface area is 123 Å². The summed E-state index contributed by atoms with van der Waals surface area (Å²) in [6.07, 6.45) is 0. The summed E-state index contributed by atoms with van der Waals surface area (Å²) in [6, 6.07) is 1.64. The molecule has 8 nitrogen and oxygen atoms in total. The smallest absolute Gasteiger partial charge is 0.240 e. The van der Waals surface area contributed by atoms with E-state index < -0.39 is 0 Å². The maximum atomic E-state index is 12.0. The molecule has 0 unspecified atom stereocenters. The van der Waals surface area contributed by atoms with E-state index in [4.69, 9.17) is 4.52 Å². The molecule has 2 amide bonds. The van der Waals surface area contributed by atoms with Crippen LogP contribution in [0.25, 0.3) is 0 Å². The molecule has 1 saturated heterocycles. The Morgan fingerprint density at radius 2 is 2.14 bits per heavy atom. The van der Waals surface area contributed by atoms with E-state index in [1.807, 2.05) is 4.90 Å². The molecule has 0 atom stereocenters. The van der Waals surface area contributed by atoms with Crippen LogP contribution in [0.15, 0.2) is 10.6 Å². The van der Waals surface area contributed by atoms with Crippen LogP contribution < -0.4 is 10.6 Å². The molecule has 2 N–H and O–H groups in total. The summed E-state index contributed by atoms with van der Waals surface area (Å²) in [5, 5.41) is 9.49. The van der Waals surface area contributed by atoms with Gasteiger partial charge in [0.05, 0.1) is 18.8 Å². The molecule has 0 aliphatic carbocycles. The highest BCUT2D eigenvalue weighted by Crippen LogP contribution is 2.07. The number of carbonyl (C=O) groups excluding carboxylic acids is 2. The van der Waals surface area contributed by atoms with Crippen LogP contribution in [0.2, 0.25) is 0 Å². The largest absolute Gasteiger partial charge is 0.339 e. The fraction of sp³-hybridized carbons (Fsp3) is 0.615. The summed E-state index contributed by atoms with van der Waals surface area (Å²) in [6.45, 7) is 5.20. The number of aryl methyl sites for hydroxylation is 1. The van der Waals surface area contributed by atoms with Crippen LogP contribution in [0.3, 0.4) is 0 Å². The summed E-state index contributed by atoms with van der Waals surface area (Å²) in [5.74, 6) is 0.128. The van der Waals surface area contributed by atoms with Gasteiger partial charge in [-0.05, 0) is 14.0 Å². The molecule has 2 rings (SSSR count). The number of carbonyl (C=O) groups is 2. The first-order chi connectivity index (χ1) is 10.0. The maximum absolute atomic E-state index is 12.0. The first-order valence-corrected chi connectivity index (χ1v) is 6.95. The van der Waals surface area contributed by atoms with E-state index in [9.17, 15) is 9.59 Å². The zero-order chi connectivity index (χ0) is 15.2. The molecular formula is C13H21N5O3. The minimum Gasteiger partial charge on any atom is -0.339 e. The van der Waals surface area contributed by atoms with Crippen molar-refractivity contribution in [2.24, 2.45) is 0 Å². The van der Waals surface area contributed by atoms with Crippen molar-refractivity contribution < 1.29 is 14.1 Å². The standard InChI is InChI=1S/C13H21N5O3/c1-10-7-12(21-16-10)15-11(19)8-17(2)9-13(20)18-5-3-14-4-6-18/h7,14H,3-6,8-9H2,1-2H3,(H,15,19). The number of aromatic nitrogens is 1. The van der Waals surface area contributed by atoms with E-state index in [0.29, 0.717) is 11.6 Å². The van der Waals surface area contributed by atoms with E-state index in [1.165, 1.54) is 0 Å². The van der Waals surface area contributed by atoms with Gasteiger partial charge >= 0.3 is 0 Å². The summed E-state index contributed by atoms with van der Waals surface area (Å²) in [7, 11) is 1.74. The van der Waals surface area contributed by atoms with E-state index in [0.717, 1.165) is 26.2 Å². The Bertz CT molecular complexity index is 496. The van der Waals surface area contributed by atoms with Crippen molar-refractivity contribution in [3.63, 3.8) is 0 Å². The lowest BCUT2D eigenvalue weighted by molar-refractivity contribution is -0.133. The Morgan fingerprint density at radius 3 is 2.76 bits per heavy atom. The monoisotopic (exact) mass is 295 g/mol. The van der Waals surface area contributed by atoms with Gasteiger partial charge in [0.2, 0.25) is 17.7 Å². The average Bonchev–Trinajstić information content (AvgIpc) is 2.84. The molecular weight excluding hydrogens is 274 g/mol. The minimum absolute atomic E-state index is 0.0438. The minimum atomic E-state index is -0.234. The second-order valence-corrected chi connectivity index (χ2v) is 5.18. The highest BCUT2D eigenvalue weighted by atomic mass is 16.5. The average molecular weight is 295 g/mol. The third kappa shape index (κ3) is 4.83. The predicted octanol–water partition coefficient (Wildman–Crippen LogP) is -0.715. The Kier molecular flexibility index (Phi) is 5.29. The maximum Gasteiger partial charge on any atom is 0.240 e. The van der Waals surface area contributed by atoms with E-state index in [2.05, 4.69) is 15.8 Å². The van der Waals surface area contributed by atoms with Gasteiger partial charge < -0.3 is 14.7 Å². The summed E-state index contributed by atoms with van der Waals surface area (Å²) in [4.78, 5) is 27.4. The first-order valence-electron chi connectivity index (χ1n) is 6.95. The molecule has 0 saturated carbocycles. The number of hydrogen-bond acceptors (Lipinski definition) is 6. The van der Waals surface area contributed by atoms with E-state index in [1.54, 1.807) is 24.9 Å². The van der Waals surface area contributed by atoms with Crippen LogP contribution in [-0.4, -0.2) is 73.1 Å². The summed E-state index contributed by atoms with van der Waals surface area (Å²) < 4.78 is 4.91. The second kappa shape index (κ2) is 7.19. The van der Waals surface area contributed by atoms with Crippen molar-refractivity contribution in [1.29, 1.82) is 0 Å². The molecule has 8 heteroatoms. The van der Waals surface area contributed by atoms with Gasteiger partial charge in [-0.1, -0.05) is 5.16 Å². The summed E-state index contributed by atoms with van der Waals surface area (Å²) in [5.41, 5.74) is 0.701. The molecule has 116 valence electrons. The van der Waals surface area contributed by atoms with E-state index >= 15 is 0 Å². The van der Waals surface area contributed by atoms with Crippen molar-refractivity contribution in [2.75, 3.05) is 51.6 Å². The third-order valence-corrected chi connectivity index (χ3v) is 3.18. The van der Waals surface area contributed by atoms with Gasteiger partial charge in [0.1, 0.15) is 0 Å². The van der Waals surface area contributed by atoms with Gasteiger partial charge in [0.15, 0.2) is 0 Å². The van der Waals surface area contributed by atoms with Crippen LogP contribution in [-0.2, 0) is 9.59 Å². The molecule has 0 bridgehead atoms. The molecule has 1 aliphatic heterocycles. The van der Waals surface area contributed by atoms with Crippen LogP contribution in [0.5, 0.6) is 0 Å². The van der Waals surface area contributed by atoms with Crippen LogP contribution in [0, 0.1) is 6.92 Å². The molecule has 0 spiro atoms. The zero-order valence-electron chi connectivity index (χ0n) is 12.4. The van der Waals surface area contributed by atoms with Crippen molar-refractivity contribution in [3.8, 4) is 0 Å².